The summed E-state index contributed by atoms with van der Waals surface area (Å²) in [7, 11) is 0. The van der Waals surface area contributed by atoms with Crippen LogP contribution < -0.4 is 11.1 Å². The Kier molecular flexibility index (Phi) is 2.96. The van der Waals surface area contributed by atoms with Gasteiger partial charge in [-0.2, -0.15) is 4.98 Å². The summed E-state index contributed by atoms with van der Waals surface area (Å²) in [4.78, 5) is 39.8. The average molecular weight is 252 g/mol. The minimum atomic E-state index is -0.693. The number of rotatable bonds is 2. The summed E-state index contributed by atoms with van der Waals surface area (Å²) in [6.45, 7) is 1.55. The van der Waals surface area contributed by atoms with E-state index >= 15 is 0 Å². The van der Waals surface area contributed by atoms with Crippen LogP contribution >= 0.6 is 0 Å². The van der Waals surface area contributed by atoms with Crippen molar-refractivity contribution in [1.82, 2.24) is 25.4 Å². The summed E-state index contributed by atoms with van der Waals surface area (Å²) in [6, 6.07) is -0.693. The molecule has 0 aromatic carbocycles. The van der Waals surface area contributed by atoms with Crippen molar-refractivity contribution in [1.29, 1.82) is 0 Å². The number of aromatic amines is 1. The van der Waals surface area contributed by atoms with Crippen molar-refractivity contribution in [2.75, 3.05) is 12.3 Å². The molecule has 1 saturated heterocycles. The van der Waals surface area contributed by atoms with Gasteiger partial charge in [-0.3, -0.25) is 24.8 Å². The van der Waals surface area contributed by atoms with Crippen LogP contribution in [0.1, 0.15) is 24.0 Å². The van der Waals surface area contributed by atoms with Gasteiger partial charge in [-0.15, -0.1) is 5.10 Å². The molecule has 1 aliphatic rings. The first-order chi connectivity index (χ1) is 8.52. The smallest absolute Gasteiger partial charge is 0.292 e. The molecule has 18 heavy (non-hydrogen) atoms. The van der Waals surface area contributed by atoms with Crippen molar-refractivity contribution >= 4 is 23.7 Å². The maximum absolute atomic E-state index is 12.1. The zero-order valence-corrected chi connectivity index (χ0v) is 9.64. The van der Waals surface area contributed by atoms with Crippen molar-refractivity contribution in [2.24, 2.45) is 0 Å². The Morgan fingerprint density at radius 1 is 1.56 bits per heavy atom. The average Bonchev–Trinajstić information content (AvgIpc) is 2.74. The SMILES string of the molecule is CCC1C(=O)NC(=O)CN1C(=O)c1nc(N)n[nH]1. The summed E-state index contributed by atoms with van der Waals surface area (Å²) in [5.41, 5.74) is 5.30. The molecule has 3 amide bonds. The number of carbonyl (C=O) groups excluding carboxylic acids is 3. The van der Waals surface area contributed by atoms with E-state index in [-0.39, 0.29) is 18.3 Å². The first kappa shape index (κ1) is 12.0. The number of hydrogen-bond acceptors (Lipinski definition) is 6. The molecule has 1 aromatic rings. The molecule has 1 aromatic heterocycles. The summed E-state index contributed by atoms with van der Waals surface area (Å²) in [5, 5.41) is 8.07. The van der Waals surface area contributed by atoms with Crippen LogP contribution in [0.4, 0.5) is 5.95 Å². The first-order valence-electron chi connectivity index (χ1n) is 5.35. The van der Waals surface area contributed by atoms with Crippen LogP contribution in [-0.4, -0.2) is 50.4 Å². The van der Waals surface area contributed by atoms with Gasteiger partial charge >= 0.3 is 0 Å². The number of nitrogens with zero attached hydrogens (tertiary/aromatic N) is 3. The number of amides is 3. The molecule has 2 heterocycles. The molecule has 0 aliphatic carbocycles. The fourth-order valence-electron chi connectivity index (χ4n) is 1.79. The molecule has 0 spiro atoms. The van der Waals surface area contributed by atoms with Crippen molar-refractivity contribution in [2.45, 2.75) is 19.4 Å². The number of H-pyrrole nitrogens is 1. The Morgan fingerprint density at radius 2 is 2.28 bits per heavy atom. The van der Waals surface area contributed by atoms with Crippen LogP contribution in [0.15, 0.2) is 0 Å². The van der Waals surface area contributed by atoms with Crippen LogP contribution in [0.25, 0.3) is 0 Å². The van der Waals surface area contributed by atoms with E-state index in [1.54, 1.807) is 6.92 Å². The lowest BCUT2D eigenvalue weighted by molar-refractivity contribution is -0.138. The standard InChI is InChI=1S/C9H12N6O3/c1-2-4-7(17)11-5(16)3-15(4)8(18)6-12-9(10)14-13-6/h4H,2-3H2,1H3,(H,11,16,17)(H3,10,12,13,14). The fraction of sp³-hybridized carbons (Fsp3) is 0.444. The van der Waals surface area contributed by atoms with Gasteiger partial charge in [0.1, 0.15) is 12.6 Å². The highest BCUT2D eigenvalue weighted by atomic mass is 16.2. The van der Waals surface area contributed by atoms with E-state index in [4.69, 9.17) is 5.73 Å². The molecule has 9 nitrogen and oxygen atoms in total. The number of imide groups is 1. The molecule has 96 valence electrons. The second-order valence-corrected chi connectivity index (χ2v) is 3.81. The molecule has 1 atom stereocenters. The minimum Gasteiger partial charge on any atom is -0.366 e. The van der Waals surface area contributed by atoms with Crippen LogP contribution in [-0.2, 0) is 9.59 Å². The van der Waals surface area contributed by atoms with Gasteiger partial charge in [0, 0.05) is 0 Å². The normalized spacial score (nSPS) is 19.8. The summed E-state index contributed by atoms with van der Waals surface area (Å²) in [6.07, 6.45) is 0.397. The number of carbonyl (C=O) groups is 3. The van der Waals surface area contributed by atoms with Gasteiger partial charge in [0.25, 0.3) is 5.91 Å². The lowest BCUT2D eigenvalue weighted by Gasteiger charge is -2.32. The Labute approximate surface area is 102 Å². The molecular weight excluding hydrogens is 240 g/mol. The number of piperazine rings is 1. The Morgan fingerprint density at radius 3 is 2.83 bits per heavy atom. The molecule has 0 saturated carbocycles. The van der Waals surface area contributed by atoms with Crippen molar-refractivity contribution in [3.63, 3.8) is 0 Å². The van der Waals surface area contributed by atoms with Gasteiger partial charge < -0.3 is 10.6 Å². The Hall–Kier alpha value is -2.45. The minimum absolute atomic E-state index is 0.0702. The van der Waals surface area contributed by atoms with Gasteiger partial charge in [0.2, 0.25) is 23.6 Å². The zero-order chi connectivity index (χ0) is 13.3. The van der Waals surface area contributed by atoms with Crippen LogP contribution in [0.3, 0.4) is 0 Å². The van der Waals surface area contributed by atoms with Crippen LogP contribution in [0, 0.1) is 0 Å². The van der Waals surface area contributed by atoms with E-state index in [0.717, 1.165) is 4.90 Å². The quantitative estimate of drug-likeness (QED) is 0.535. The number of anilines is 1. The van der Waals surface area contributed by atoms with Gasteiger partial charge in [-0.1, -0.05) is 6.92 Å². The fourth-order valence-corrected chi connectivity index (χ4v) is 1.79. The highest BCUT2D eigenvalue weighted by Gasteiger charge is 2.36. The lowest BCUT2D eigenvalue weighted by Crippen LogP contribution is -2.59. The van der Waals surface area contributed by atoms with E-state index in [1.165, 1.54) is 0 Å². The number of nitrogens with one attached hydrogen (secondary N) is 2. The highest BCUT2D eigenvalue weighted by Crippen LogP contribution is 2.12. The second kappa shape index (κ2) is 4.43. The molecule has 1 fully saturated rings. The molecule has 0 radical (unpaired) electrons. The lowest BCUT2D eigenvalue weighted by atomic mass is 10.1. The largest absolute Gasteiger partial charge is 0.366 e. The molecule has 1 aliphatic heterocycles. The van der Waals surface area contributed by atoms with E-state index in [0.29, 0.717) is 6.42 Å². The summed E-state index contributed by atoms with van der Waals surface area (Å²) < 4.78 is 0. The predicted octanol–water partition coefficient (Wildman–Crippen LogP) is -1.74. The van der Waals surface area contributed by atoms with Crippen molar-refractivity contribution < 1.29 is 14.4 Å². The van der Waals surface area contributed by atoms with E-state index in [1.807, 2.05) is 0 Å². The number of nitrogen functional groups attached to an aromatic ring is 1. The maximum Gasteiger partial charge on any atom is 0.292 e. The first-order valence-corrected chi connectivity index (χ1v) is 5.35. The molecule has 4 N–H and O–H groups in total. The number of nitrogens with two attached hydrogens (primary N) is 1. The third kappa shape index (κ3) is 2.01. The third-order valence-corrected chi connectivity index (χ3v) is 2.61. The topological polar surface area (TPSA) is 134 Å². The van der Waals surface area contributed by atoms with Crippen LogP contribution in [0.5, 0.6) is 0 Å². The van der Waals surface area contributed by atoms with E-state index < -0.39 is 23.8 Å². The summed E-state index contributed by atoms with van der Waals surface area (Å²) >= 11 is 0. The molecule has 0 bridgehead atoms. The van der Waals surface area contributed by atoms with E-state index in [9.17, 15) is 14.4 Å². The highest BCUT2D eigenvalue weighted by molar-refractivity contribution is 6.06. The molecule has 1 unspecified atom stereocenters. The third-order valence-electron chi connectivity index (χ3n) is 2.61. The van der Waals surface area contributed by atoms with Crippen molar-refractivity contribution in [3.8, 4) is 0 Å². The number of aromatic nitrogens is 3. The zero-order valence-electron chi connectivity index (χ0n) is 9.64. The number of hydrogen-bond donors (Lipinski definition) is 3. The summed E-state index contributed by atoms with van der Waals surface area (Å²) in [5.74, 6) is -1.75. The second-order valence-electron chi connectivity index (χ2n) is 3.81. The van der Waals surface area contributed by atoms with Gasteiger partial charge in [-0.05, 0) is 6.42 Å². The molecule has 9 heteroatoms. The van der Waals surface area contributed by atoms with Gasteiger partial charge in [-0.25, -0.2) is 0 Å². The maximum atomic E-state index is 12.1. The Balaban J connectivity index is 2.26. The Bertz CT molecular complexity index is 510. The monoisotopic (exact) mass is 252 g/mol. The predicted molar refractivity (Wildman–Crippen MR) is 59.1 cm³/mol. The van der Waals surface area contributed by atoms with Gasteiger partial charge in [0.15, 0.2) is 0 Å². The van der Waals surface area contributed by atoms with Crippen molar-refractivity contribution in [3.05, 3.63) is 5.82 Å². The van der Waals surface area contributed by atoms with Gasteiger partial charge in [0.05, 0.1) is 0 Å². The van der Waals surface area contributed by atoms with E-state index in [2.05, 4.69) is 20.5 Å². The van der Waals surface area contributed by atoms with Crippen LogP contribution in [0.2, 0.25) is 0 Å². The molecular formula is C9H12N6O3. The molecule has 2 rings (SSSR count).